The van der Waals surface area contributed by atoms with Crippen LogP contribution in [-0.2, 0) is 6.54 Å². The monoisotopic (exact) mass is 254 g/mol. The first-order valence-electron chi connectivity index (χ1n) is 4.88. The Balaban J connectivity index is 1.99. The molecule has 0 amide bonds. The fourth-order valence-electron chi connectivity index (χ4n) is 1.38. The molecule has 3 heteroatoms. The van der Waals surface area contributed by atoms with Gasteiger partial charge in [-0.3, -0.25) is 0 Å². The zero-order valence-corrected chi connectivity index (χ0v) is 9.89. The van der Waals surface area contributed by atoms with Crippen LogP contribution in [0.5, 0.6) is 0 Å². The highest BCUT2D eigenvalue weighted by atomic mass is 79.9. The Bertz CT molecular complexity index is 345. The summed E-state index contributed by atoms with van der Waals surface area (Å²) in [5.74, 6) is 0. The summed E-state index contributed by atoms with van der Waals surface area (Å²) in [7, 11) is 0. The van der Waals surface area contributed by atoms with Crippen LogP contribution >= 0.6 is 15.9 Å². The highest BCUT2D eigenvalue weighted by molar-refractivity contribution is 9.10. The molecule has 0 unspecified atom stereocenters. The van der Waals surface area contributed by atoms with Crippen LogP contribution in [0.3, 0.4) is 0 Å². The molecule has 3 N–H and O–H groups in total. The predicted molar refractivity (Wildman–Crippen MR) is 63.0 cm³/mol. The van der Waals surface area contributed by atoms with Gasteiger partial charge in [0, 0.05) is 22.2 Å². The minimum absolute atomic E-state index is 0.391. The van der Waals surface area contributed by atoms with Crippen molar-refractivity contribution in [2.45, 2.75) is 31.8 Å². The van der Waals surface area contributed by atoms with E-state index < -0.39 is 0 Å². The van der Waals surface area contributed by atoms with Gasteiger partial charge in [0.05, 0.1) is 0 Å². The molecule has 0 aliphatic heterocycles. The molecule has 2 rings (SSSR count). The number of rotatable bonds is 3. The van der Waals surface area contributed by atoms with E-state index in [1.165, 1.54) is 18.4 Å². The first-order chi connectivity index (χ1) is 6.59. The molecule has 2 nitrogen and oxygen atoms in total. The zero-order chi connectivity index (χ0) is 10.2. The largest absolute Gasteiger partial charge is 0.398 e. The smallest absolute Gasteiger partial charge is 0.0461 e. The lowest BCUT2D eigenvalue weighted by Crippen LogP contribution is -2.26. The van der Waals surface area contributed by atoms with Crippen LogP contribution in [0.25, 0.3) is 0 Å². The summed E-state index contributed by atoms with van der Waals surface area (Å²) in [6, 6.07) is 6.11. The normalized spacial score (nSPS) is 18.1. The molecule has 0 radical (unpaired) electrons. The molecule has 1 aliphatic rings. The van der Waals surface area contributed by atoms with Crippen molar-refractivity contribution in [3.05, 3.63) is 28.2 Å². The van der Waals surface area contributed by atoms with Gasteiger partial charge in [0.1, 0.15) is 0 Å². The van der Waals surface area contributed by atoms with Crippen molar-refractivity contribution in [2.24, 2.45) is 0 Å². The zero-order valence-electron chi connectivity index (χ0n) is 8.31. The number of halogens is 1. The van der Waals surface area contributed by atoms with E-state index in [1.807, 2.05) is 12.1 Å². The number of benzene rings is 1. The predicted octanol–water partition coefficient (Wildman–Crippen LogP) is 2.67. The molecular weight excluding hydrogens is 240 g/mol. The highest BCUT2D eigenvalue weighted by Gasteiger charge is 2.36. The van der Waals surface area contributed by atoms with Crippen LogP contribution in [0.4, 0.5) is 5.69 Å². The van der Waals surface area contributed by atoms with Crippen LogP contribution in [0.1, 0.15) is 25.3 Å². The van der Waals surface area contributed by atoms with Crippen LogP contribution in [0, 0.1) is 0 Å². The first kappa shape index (κ1) is 9.99. The number of hydrogen-bond acceptors (Lipinski definition) is 2. The maximum atomic E-state index is 5.80. The van der Waals surface area contributed by atoms with Gasteiger partial charge in [-0.1, -0.05) is 6.07 Å². The Morgan fingerprint density at radius 2 is 2.21 bits per heavy atom. The molecule has 0 atom stereocenters. The molecule has 1 aromatic carbocycles. The maximum absolute atomic E-state index is 5.80. The van der Waals surface area contributed by atoms with E-state index in [2.05, 4.69) is 34.2 Å². The lowest BCUT2D eigenvalue weighted by molar-refractivity contribution is 0.538. The number of nitrogen functional groups attached to an aromatic ring is 1. The lowest BCUT2D eigenvalue weighted by Gasteiger charge is -2.11. The van der Waals surface area contributed by atoms with E-state index in [0.29, 0.717) is 5.54 Å². The summed E-state index contributed by atoms with van der Waals surface area (Å²) in [6.07, 6.45) is 2.58. The van der Waals surface area contributed by atoms with Crippen molar-refractivity contribution in [3.63, 3.8) is 0 Å². The van der Waals surface area contributed by atoms with E-state index in [4.69, 9.17) is 5.73 Å². The average molecular weight is 255 g/mol. The summed E-state index contributed by atoms with van der Waals surface area (Å²) >= 11 is 3.39. The SMILES string of the molecule is CC1(NCc2ccc(Br)c(N)c2)CC1. The van der Waals surface area contributed by atoms with Gasteiger partial charge in [-0.25, -0.2) is 0 Å². The van der Waals surface area contributed by atoms with E-state index in [0.717, 1.165) is 16.7 Å². The Labute approximate surface area is 93.0 Å². The highest BCUT2D eigenvalue weighted by Crippen LogP contribution is 2.34. The van der Waals surface area contributed by atoms with Gasteiger partial charge in [0.15, 0.2) is 0 Å². The van der Waals surface area contributed by atoms with E-state index in [1.54, 1.807) is 0 Å². The lowest BCUT2D eigenvalue weighted by atomic mass is 10.2. The van der Waals surface area contributed by atoms with Crippen molar-refractivity contribution in [2.75, 3.05) is 5.73 Å². The molecule has 1 aromatic rings. The summed E-state index contributed by atoms with van der Waals surface area (Å²) in [6.45, 7) is 3.17. The number of nitrogens with one attached hydrogen (secondary N) is 1. The molecular formula is C11H15BrN2. The second-order valence-electron chi connectivity index (χ2n) is 4.27. The Morgan fingerprint density at radius 1 is 1.50 bits per heavy atom. The number of nitrogens with two attached hydrogens (primary N) is 1. The fraction of sp³-hybridized carbons (Fsp3) is 0.455. The summed E-state index contributed by atoms with van der Waals surface area (Å²) in [4.78, 5) is 0. The van der Waals surface area contributed by atoms with E-state index >= 15 is 0 Å². The molecule has 1 fully saturated rings. The topological polar surface area (TPSA) is 38.0 Å². The minimum Gasteiger partial charge on any atom is -0.398 e. The summed E-state index contributed by atoms with van der Waals surface area (Å²) < 4.78 is 0.971. The maximum Gasteiger partial charge on any atom is 0.0461 e. The Kier molecular flexibility index (Phi) is 2.54. The van der Waals surface area contributed by atoms with Crippen LogP contribution < -0.4 is 11.1 Å². The summed E-state index contributed by atoms with van der Waals surface area (Å²) in [5.41, 5.74) is 8.25. The second-order valence-corrected chi connectivity index (χ2v) is 5.12. The third-order valence-electron chi connectivity index (χ3n) is 2.78. The van der Waals surface area contributed by atoms with Crippen LogP contribution in [0.15, 0.2) is 22.7 Å². The minimum atomic E-state index is 0.391. The van der Waals surface area contributed by atoms with E-state index in [-0.39, 0.29) is 0 Å². The third-order valence-corrected chi connectivity index (χ3v) is 3.50. The molecule has 1 saturated carbocycles. The molecule has 0 aromatic heterocycles. The van der Waals surface area contributed by atoms with E-state index in [9.17, 15) is 0 Å². The van der Waals surface area contributed by atoms with Gasteiger partial charge in [-0.05, 0) is 53.4 Å². The molecule has 0 spiro atoms. The molecule has 0 bridgehead atoms. The number of anilines is 1. The van der Waals surface area contributed by atoms with Gasteiger partial charge in [-0.2, -0.15) is 0 Å². The molecule has 0 heterocycles. The van der Waals surface area contributed by atoms with Crippen molar-refractivity contribution < 1.29 is 0 Å². The van der Waals surface area contributed by atoms with Crippen molar-refractivity contribution in [3.8, 4) is 0 Å². The fourth-order valence-corrected chi connectivity index (χ4v) is 1.63. The first-order valence-corrected chi connectivity index (χ1v) is 5.67. The van der Waals surface area contributed by atoms with Gasteiger partial charge in [-0.15, -0.1) is 0 Å². The summed E-state index contributed by atoms with van der Waals surface area (Å²) in [5, 5.41) is 3.53. The second kappa shape index (κ2) is 3.55. The molecule has 14 heavy (non-hydrogen) atoms. The van der Waals surface area contributed by atoms with Crippen LogP contribution in [0.2, 0.25) is 0 Å². The van der Waals surface area contributed by atoms with Crippen LogP contribution in [-0.4, -0.2) is 5.54 Å². The quantitative estimate of drug-likeness (QED) is 0.815. The van der Waals surface area contributed by atoms with Gasteiger partial charge >= 0.3 is 0 Å². The van der Waals surface area contributed by atoms with Gasteiger partial charge in [0.25, 0.3) is 0 Å². The Morgan fingerprint density at radius 3 is 2.79 bits per heavy atom. The van der Waals surface area contributed by atoms with Crippen molar-refractivity contribution in [1.29, 1.82) is 0 Å². The van der Waals surface area contributed by atoms with Gasteiger partial charge < -0.3 is 11.1 Å². The molecule has 1 aliphatic carbocycles. The Hall–Kier alpha value is -0.540. The van der Waals surface area contributed by atoms with Crippen molar-refractivity contribution >= 4 is 21.6 Å². The van der Waals surface area contributed by atoms with Crippen molar-refractivity contribution in [1.82, 2.24) is 5.32 Å². The standard InChI is InChI=1S/C11H15BrN2/c1-11(4-5-11)14-7-8-2-3-9(12)10(13)6-8/h2-3,6,14H,4-5,7,13H2,1H3. The van der Waals surface area contributed by atoms with Gasteiger partial charge in [0.2, 0.25) is 0 Å². The molecule has 76 valence electrons. The number of hydrogen-bond donors (Lipinski definition) is 2. The average Bonchev–Trinajstić information content (AvgIpc) is 2.87. The molecule has 0 saturated heterocycles. The third kappa shape index (κ3) is 2.28.